The van der Waals surface area contributed by atoms with Crippen LogP contribution in [-0.4, -0.2) is 60.2 Å². The lowest BCUT2D eigenvalue weighted by Gasteiger charge is -2.36. The highest BCUT2D eigenvalue weighted by atomic mass is 19.4. The number of carbonyl (C=O) groups excluding carboxylic acids is 2. The largest absolute Gasteiger partial charge is 0.444 e. The minimum Gasteiger partial charge on any atom is -0.444 e. The van der Waals surface area contributed by atoms with Crippen LogP contribution in [0.15, 0.2) is 54.7 Å². The van der Waals surface area contributed by atoms with Crippen molar-refractivity contribution in [2.75, 3.05) is 37.6 Å². The Morgan fingerprint density at radius 3 is 2.02 bits per heavy atom. The summed E-state index contributed by atoms with van der Waals surface area (Å²) in [7, 11) is 0. The molecular weight excluding hydrogens is 602 g/mol. The number of nitrogens with one attached hydrogen (secondary N) is 1. The van der Waals surface area contributed by atoms with E-state index < -0.39 is 41.1 Å². The number of nitrogens with zero attached hydrogens (tertiary/aromatic N) is 3. The normalized spacial score (nSPS) is 14.4. The van der Waals surface area contributed by atoms with Crippen LogP contribution in [0.4, 0.5) is 37.0 Å². The molecule has 0 bridgehead atoms. The number of pyridine rings is 1. The molecule has 1 aromatic heterocycles. The van der Waals surface area contributed by atoms with E-state index in [1.54, 1.807) is 31.7 Å². The van der Waals surface area contributed by atoms with Crippen molar-refractivity contribution in [3.05, 3.63) is 82.5 Å². The summed E-state index contributed by atoms with van der Waals surface area (Å²) in [5.41, 5.74) is -1.26. The lowest BCUT2D eigenvalue weighted by molar-refractivity contribution is -0.143. The molecule has 0 radical (unpaired) electrons. The molecular formula is C32H34F6N4O3. The monoisotopic (exact) mass is 636 g/mol. The molecule has 0 aliphatic carbocycles. The predicted octanol–water partition coefficient (Wildman–Crippen LogP) is 7.12. The molecule has 3 aromatic rings. The van der Waals surface area contributed by atoms with Crippen LogP contribution in [-0.2, 0) is 23.5 Å². The molecule has 7 nitrogen and oxygen atoms in total. The van der Waals surface area contributed by atoms with Crippen molar-refractivity contribution in [2.24, 2.45) is 0 Å². The number of benzene rings is 2. The smallest absolute Gasteiger partial charge is 0.416 e. The number of piperazine rings is 1. The number of rotatable bonds is 6. The van der Waals surface area contributed by atoms with Gasteiger partial charge in [0.05, 0.1) is 16.7 Å². The summed E-state index contributed by atoms with van der Waals surface area (Å²) in [6.07, 6.45) is -9.18. The van der Waals surface area contributed by atoms with Crippen molar-refractivity contribution >= 4 is 17.8 Å². The van der Waals surface area contributed by atoms with Crippen LogP contribution in [0.3, 0.4) is 0 Å². The van der Waals surface area contributed by atoms with Gasteiger partial charge in [0.15, 0.2) is 0 Å². The van der Waals surface area contributed by atoms with Crippen LogP contribution in [0, 0.1) is 6.92 Å². The molecule has 1 N–H and O–H groups in total. The van der Waals surface area contributed by atoms with E-state index in [2.05, 4.69) is 10.3 Å². The first kappa shape index (κ1) is 33.6. The molecule has 1 saturated heterocycles. The third-order valence-electron chi connectivity index (χ3n) is 7.17. The van der Waals surface area contributed by atoms with Gasteiger partial charge in [0.25, 0.3) is 5.91 Å². The van der Waals surface area contributed by atoms with Crippen molar-refractivity contribution in [1.82, 2.24) is 15.2 Å². The quantitative estimate of drug-likeness (QED) is 0.292. The van der Waals surface area contributed by atoms with Crippen molar-refractivity contribution in [2.45, 2.75) is 52.1 Å². The number of alkyl halides is 6. The molecule has 13 heteroatoms. The third-order valence-corrected chi connectivity index (χ3v) is 7.17. The Hall–Kier alpha value is -4.29. The van der Waals surface area contributed by atoms with E-state index in [0.717, 1.165) is 11.1 Å². The number of hydrogen-bond donors (Lipinski definition) is 1. The fraction of sp³-hybridized carbons (Fsp3) is 0.406. The summed E-state index contributed by atoms with van der Waals surface area (Å²) in [5.74, 6) is 0.00218. The molecule has 242 valence electrons. The van der Waals surface area contributed by atoms with Crippen LogP contribution in [0.5, 0.6) is 0 Å². The highest BCUT2D eigenvalue weighted by Gasteiger charge is 2.37. The molecule has 45 heavy (non-hydrogen) atoms. The summed E-state index contributed by atoms with van der Waals surface area (Å²) in [6.45, 7) is 8.82. The van der Waals surface area contributed by atoms with Gasteiger partial charge in [0, 0.05) is 38.9 Å². The molecule has 1 aliphatic heterocycles. The van der Waals surface area contributed by atoms with E-state index >= 15 is 0 Å². The van der Waals surface area contributed by atoms with Gasteiger partial charge in [-0.2, -0.15) is 26.3 Å². The lowest BCUT2D eigenvalue weighted by Crippen LogP contribution is -2.50. The van der Waals surface area contributed by atoms with Crippen molar-refractivity contribution in [3.8, 4) is 11.1 Å². The maximum absolute atomic E-state index is 13.3. The first-order valence-corrected chi connectivity index (χ1v) is 14.3. The number of anilines is 1. The summed E-state index contributed by atoms with van der Waals surface area (Å²) in [4.78, 5) is 33.9. The number of halogens is 6. The lowest BCUT2D eigenvalue weighted by atomic mass is 9.96. The molecule has 2 aromatic carbocycles. The average Bonchev–Trinajstić information content (AvgIpc) is 2.95. The Labute approximate surface area is 257 Å². The zero-order valence-electron chi connectivity index (χ0n) is 25.3. The summed E-state index contributed by atoms with van der Waals surface area (Å²) in [5, 5.41) is 2.62. The Balaban J connectivity index is 1.53. The van der Waals surface area contributed by atoms with E-state index in [9.17, 15) is 35.9 Å². The SMILES string of the molecule is Cc1ccccc1-c1cc(N2CCN(C(=O)OC(C)(C)C)CC2)ncc1C(=O)NCCc1cc(C(F)(F)F)cc(C(F)(F)F)c1. The van der Waals surface area contributed by atoms with E-state index in [4.69, 9.17) is 4.74 Å². The Bertz CT molecular complexity index is 1510. The summed E-state index contributed by atoms with van der Waals surface area (Å²) in [6, 6.07) is 10.5. The highest BCUT2D eigenvalue weighted by Crippen LogP contribution is 2.36. The predicted molar refractivity (Wildman–Crippen MR) is 157 cm³/mol. The van der Waals surface area contributed by atoms with Crippen LogP contribution in [0.1, 0.15) is 53.4 Å². The van der Waals surface area contributed by atoms with Crippen molar-refractivity contribution < 1.29 is 40.7 Å². The van der Waals surface area contributed by atoms with Gasteiger partial charge in [-0.25, -0.2) is 9.78 Å². The Morgan fingerprint density at radius 2 is 1.47 bits per heavy atom. The van der Waals surface area contributed by atoms with E-state index in [-0.39, 0.29) is 30.2 Å². The molecule has 0 spiro atoms. The van der Waals surface area contributed by atoms with E-state index in [1.165, 1.54) is 6.20 Å². The zero-order chi connectivity index (χ0) is 33.2. The van der Waals surface area contributed by atoms with Gasteiger partial charge in [-0.3, -0.25) is 4.79 Å². The van der Waals surface area contributed by atoms with Gasteiger partial charge in [0.2, 0.25) is 0 Å². The first-order chi connectivity index (χ1) is 20.9. The molecule has 2 amide bonds. The highest BCUT2D eigenvalue weighted by molar-refractivity contribution is 6.01. The number of amides is 2. The molecule has 1 aliphatic rings. The fourth-order valence-corrected chi connectivity index (χ4v) is 4.92. The van der Waals surface area contributed by atoms with E-state index in [1.807, 2.05) is 36.1 Å². The molecule has 4 rings (SSSR count). The molecule has 0 atom stereocenters. The molecule has 0 unspecified atom stereocenters. The minimum absolute atomic E-state index is 0.0706. The van der Waals surface area contributed by atoms with Gasteiger partial charge in [-0.1, -0.05) is 24.3 Å². The van der Waals surface area contributed by atoms with Crippen LogP contribution < -0.4 is 10.2 Å². The van der Waals surface area contributed by atoms with Gasteiger partial charge < -0.3 is 19.9 Å². The third kappa shape index (κ3) is 8.67. The van der Waals surface area contributed by atoms with Crippen LogP contribution in [0.25, 0.3) is 11.1 Å². The van der Waals surface area contributed by atoms with Gasteiger partial charge in [0.1, 0.15) is 11.4 Å². The number of aromatic nitrogens is 1. The second-order valence-corrected chi connectivity index (χ2v) is 11.8. The van der Waals surface area contributed by atoms with Gasteiger partial charge in [-0.05, 0) is 80.6 Å². The molecule has 1 fully saturated rings. The fourth-order valence-electron chi connectivity index (χ4n) is 4.92. The number of aryl methyl sites for hydroxylation is 1. The maximum Gasteiger partial charge on any atom is 0.416 e. The average molecular weight is 637 g/mol. The van der Waals surface area contributed by atoms with E-state index in [0.29, 0.717) is 49.7 Å². The number of carbonyl (C=O) groups is 2. The van der Waals surface area contributed by atoms with Crippen LogP contribution >= 0.6 is 0 Å². The topological polar surface area (TPSA) is 74.8 Å². The Kier molecular flexibility index (Phi) is 9.69. The second kappa shape index (κ2) is 13.0. The van der Waals surface area contributed by atoms with Gasteiger partial charge in [-0.15, -0.1) is 0 Å². The maximum atomic E-state index is 13.3. The van der Waals surface area contributed by atoms with Crippen LogP contribution in [0.2, 0.25) is 0 Å². The number of ether oxygens (including phenoxy) is 1. The van der Waals surface area contributed by atoms with Crippen molar-refractivity contribution in [3.63, 3.8) is 0 Å². The second-order valence-electron chi connectivity index (χ2n) is 11.8. The van der Waals surface area contributed by atoms with Crippen molar-refractivity contribution in [1.29, 1.82) is 0 Å². The number of hydrogen-bond acceptors (Lipinski definition) is 5. The molecule has 2 heterocycles. The summed E-state index contributed by atoms with van der Waals surface area (Å²) >= 11 is 0. The van der Waals surface area contributed by atoms with Gasteiger partial charge >= 0.3 is 18.4 Å². The first-order valence-electron chi connectivity index (χ1n) is 14.3. The minimum atomic E-state index is -4.96. The molecule has 0 saturated carbocycles. The zero-order valence-corrected chi connectivity index (χ0v) is 25.3. The Morgan fingerprint density at radius 1 is 0.867 bits per heavy atom. The summed E-state index contributed by atoms with van der Waals surface area (Å²) < 4.78 is 85.0. The standard InChI is InChI=1S/C32H34F6N4O3/c1-20-7-5-6-8-24(20)25-18-27(41-11-13-42(14-12-41)29(44)45-30(2,3)4)40-19-26(25)28(43)39-10-9-21-15-22(31(33,34)35)17-23(16-21)32(36,37)38/h5-8,15-19H,9-14H2,1-4H3,(H,39,43).